The van der Waals surface area contributed by atoms with Crippen LogP contribution in [0.25, 0.3) is 5.69 Å². The van der Waals surface area contributed by atoms with E-state index in [9.17, 15) is 9.59 Å². The molecule has 0 aliphatic carbocycles. The predicted octanol–water partition coefficient (Wildman–Crippen LogP) is 3.45. The number of aromatic nitrogens is 2. The Labute approximate surface area is 143 Å². The van der Waals surface area contributed by atoms with Crippen LogP contribution in [0.5, 0.6) is 0 Å². The Morgan fingerprint density at radius 2 is 1.83 bits per heavy atom. The van der Waals surface area contributed by atoms with E-state index in [1.807, 2.05) is 19.1 Å². The van der Waals surface area contributed by atoms with Crippen LogP contribution in [0.2, 0.25) is 5.02 Å². The van der Waals surface area contributed by atoms with Crippen LogP contribution < -0.4 is 10.9 Å². The number of amides is 1. The molecule has 1 N–H and O–H groups in total. The van der Waals surface area contributed by atoms with Crippen molar-refractivity contribution in [3.63, 3.8) is 0 Å². The van der Waals surface area contributed by atoms with Gasteiger partial charge in [-0.05, 0) is 42.8 Å². The normalized spacial score (nSPS) is 10.4. The molecule has 2 aromatic carbocycles. The van der Waals surface area contributed by atoms with Crippen LogP contribution in [0.4, 0.5) is 5.69 Å². The zero-order valence-corrected chi connectivity index (χ0v) is 13.6. The lowest BCUT2D eigenvalue weighted by atomic mass is 10.2. The molecular formula is C18H14ClN3O2. The first-order valence-electron chi connectivity index (χ1n) is 7.28. The van der Waals surface area contributed by atoms with Crippen LogP contribution in [0.3, 0.4) is 0 Å². The van der Waals surface area contributed by atoms with E-state index in [0.29, 0.717) is 16.4 Å². The first kappa shape index (κ1) is 16.0. The van der Waals surface area contributed by atoms with Crippen molar-refractivity contribution in [2.75, 3.05) is 5.32 Å². The summed E-state index contributed by atoms with van der Waals surface area (Å²) in [5.41, 5.74) is 1.90. The lowest BCUT2D eigenvalue weighted by Crippen LogP contribution is -2.25. The number of benzene rings is 2. The van der Waals surface area contributed by atoms with E-state index in [2.05, 4.69) is 10.4 Å². The monoisotopic (exact) mass is 339 g/mol. The van der Waals surface area contributed by atoms with Crippen molar-refractivity contribution in [1.82, 2.24) is 9.78 Å². The van der Waals surface area contributed by atoms with E-state index in [4.69, 9.17) is 11.6 Å². The van der Waals surface area contributed by atoms with Crippen molar-refractivity contribution in [2.45, 2.75) is 6.92 Å². The van der Waals surface area contributed by atoms with Gasteiger partial charge < -0.3 is 5.32 Å². The smallest absolute Gasteiger partial charge is 0.276 e. The van der Waals surface area contributed by atoms with Crippen LogP contribution >= 0.6 is 11.6 Å². The van der Waals surface area contributed by atoms with Gasteiger partial charge in [0, 0.05) is 16.8 Å². The molecule has 0 atom stereocenters. The van der Waals surface area contributed by atoms with Gasteiger partial charge in [-0.3, -0.25) is 9.59 Å². The molecule has 5 nitrogen and oxygen atoms in total. The second-order valence-corrected chi connectivity index (χ2v) is 5.65. The molecule has 1 heterocycles. The molecule has 0 fully saturated rings. The molecule has 0 unspecified atom stereocenters. The molecule has 0 aliphatic heterocycles. The fraction of sp³-hybridized carbons (Fsp3) is 0.0556. The third kappa shape index (κ3) is 3.36. The molecule has 0 aliphatic rings. The molecule has 3 rings (SSSR count). The fourth-order valence-electron chi connectivity index (χ4n) is 2.20. The Morgan fingerprint density at radius 3 is 2.58 bits per heavy atom. The minimum Gasteiger partial charge on any atom is -0.320 e. The van der Waals surface area contributed by atoms with Crippen molar-refractivity contribution in [1.29, 1.82) is 0 Å². The average Bonchev–Trinajstić information content (AvgIpc) is 2.59. The van der Waals surface area contributed by atoms with Gasteiger partial charge in [0.2, 0.25) is 0 Å². The lowest BCUT2D eigenvalue weighted by molar-refractivity contribution is 0.102. The number of anilines is 1. The Balaban J connectivity index is 1.94. The van der Waals surface area contributed by atoms with E-state index in [1.165, 1.54) is 16.8 Å². The van der Waals surface area contributed by atoms with Gasteiger partial charge in [0.25, 0.3) is 11.5 Å². The summed E-state index contributed by atoms with van der Waals surface area (Å²) in [7, 11) is 0. The molecule has 120 valence electrons. The van der Waals surface area contributed by atoms with Crippen molar-refractivity contribution >= 4 is 23.2 Å². The van der Waals surface area contributed by atoms with E-state index in [-0.39, 0.29) is 11.3 Å². The first-order chi connectivity index (χ1) is 11.5. The lowest BCUT2D eigenvalue weighted by Gasteiger charge is -2.10. The summed E-state index contributed by atoms with van der Waals surface area (Å²) in [4.78, 5) is 24.4. The summed E-state index contributed by atoms with van der Waals surface area (Å²) in [5, 5.41) is 7.44. The van der Waals surface area contributed by atoms with Gasteiger partial charge in [-0.2, -0.15) is 9.78 Å². The van der Waals surface area contributed by atoms with Gasteiger partial charge in [0.1, 0.15) is 5.69 Å². The van der Waals surface area contributed by atoms with Gasteiger partial charge in [0.05, 0.1) is 5.69 Å². The number of hydrogen-bond donors (Lipinski definition) is 1. The summed E-state index contributed by atoms with van der Waals surface area (Å²) >= 11 is 5.96. The number of para-hydroxylation sites is 1. The Kier molecular flexibility index (Phi) is 4.44. The van der Waals surface area contributed by atoms with Crippen LogP contribution in [0, 0.1) is 6.92 Å². The highest BCUT2D eigenvalue weighted by Crippen LogP contribution is 2.20. The zero-order valence-electron chi connectivity index (χ0n) is 12.9. The molecular weight excluding hydrogens is 326 g/mol. The third-order valence-corrected chi connectivity index (χ3v) is 3.72. The van der Waals surface area contributed by atoms with E-state index in [0.717, 1.165) is 5.56 Å². The van der Waals surface area contributed by atoms with Crippen LogP contribution in [0.15, 0.2) is 65.5 Å². The number of nitrogens with one attached hydrogen (secondary N) is 1. The van der Waals surface area contributed by atoms with Gasteiger partial charge in [0.15, 0.2) is 0 Å². The molecule has 24 heavy (non-hydrogen) atoms. The van der Waals surface area contributed by atoms with E-state index >= 15 is 0 Å². The van der Waals surface area contributed by atoms with Crippen LogP contribution in [-0.4, -0.2) is 15.7 Å². The van der Waals surface area contributed by atoms with Crippen LogP contribution in [0.1, 0.15) is 16.1 Å². The molecule has 0 saturated heterocycles. The highest BCUT2D eigenvalue weighted by Gasteiger charge is 2.12. The number of carbonyl (C=O) groups excluding carboxylic acids is 1. The van der Waals surface area contributed by atoms with Gasteiger partial charge in [-0.1, -0.05) is 35.9 Å². The summed E-state index contributed by atoms with van der Waals surface area (Å²) in [5.74, 6) is -0.412. The maximum Gasteiger partial charge on any atom is 0.276 e. The maximum absolute atomic E-state index is 12.4. The van der Waals surface area contributed by atoms with Crippen molar-refractivity contribution in [2.24, 2.45) is 0 Å². The minimum atomic E-state index is -0.412. The Bertz CT molecular complexity index is 952. The maximum atomic E-state index is 12.4. The molecule has 0 spiro atoms. The van der Waals surface area contributed by atoms with Crippen molar-refractivity contribution in [3.05, 3.63) is 87.3 Å². The molecule has 1 aromatic heterocycles. The third-order valence-electron chi connectivity index (χ3n) is 3.48. The molecule has 3 aromatic rings. The number of halogens is 1. The van der Waals surface area contributed by atoms with Crippen molar-refractivity contribution < 1.29 is 4.79 Å². The molecule has 1 amide bonds. The number of nitrogens with zero attached hydrogens (tertiary/aromatic N) is 2. The standard InChI is InChI=1S/C18H14ClN3O2/c1-12-7-8-13(19)11-16(12)20-18(24)15-9-10-17(23)22(21-15)14-5-3-2-4-6-14/h2-11H,1H3,(H,20,24). The quantitative estimate of drug-likeness (QED) is 0.795. The number of hydrogen-bond acceptors (Lipinski definition) is 3. The molecule has 0 bridgehead atoms. The summed E-state index contributed by atoms with van der Waals surface area (Å²) in [6.45, 7) is 1.87. The number of rotatable bonds is 3. The van der Waals surface area contributed by atoms with Gasteiger partial charge in [-0.25, -0.2) is 0 Å². The van der Waals surface area contributed by atoms with E-state index in [1.54, 1.807) is 36.4 Å². The zero-order chi connectivity index (χ0) is 17.1. The SMILES string of the molecule is Cc1ccc(Cl)cc1NC(=O)c1ccc(=O)n(-c2ccccc2)n1. The average molecular weight is 340 g/mol. The minimum absolute atomic E-state index is 0.137. The largest absolute Gasteiger partial charge is 0.320 e. The number of aryl methyl sites for hydroxylation is 1. The predicted molar refractivity (Wildman–Crippen MR) is 94.0 cm³/mol. The number of carbonyl (C=O) groups is 1. The second kappa shape index (κ2) is 6.68. The fourth-order valence-corrected chi connectivity index (χ4v) is 2.37. The van der Waals surface area contributed by atoms with Gasteiger partial charge >= 0.3 is 0 Å². The van der Waals surface area contributed by atoms with Crippen molar-refractivity contribution in [3.8, 4) is 5.69 Å². The van der Waals surface area contributed by atoms with Gasteiger partial charge in [-0.15, -0.1) is 0 Å². The highest BCUT2D eigenvalue weighted by molar-refractivity contribution is 6.31. The molecule has 0 saturated carbocycles. The second-order valence-electron chi connectivity index (χ2n) is 5.22. The summed E-state index contributed by atoms with van der Waals surface area (Å²) < 4.78 is 1.19. The topological polar surface area (TPSA) is 64.0 Å². The summed E-state index contributed by atoms with van der Waals surface area (Å²) in [6, 6.07) is 16.9. The molecule has 0 radical (unpaired) electrons. The Morgan fingerprint density at radius 1 is 1.08 bits per heavy atom. The highest BCUT2D eigenvalue weighted by atomic mass is 35.5. The summed E-state index contributed by atoms with van der Waals surface area (Å²) in [6.07, 6.45) is 0. The molecule has 6 heteroatoms. The first-order valence-corrected chi connectivity index (χ1v) is 7.66. The van der Waals surface area contributed by atoms with Crippen LogP contribution in [-0.2, 0) is 0 Å². The Hall–Kier alpha value is -2.92. The van der Waals surface area contributed by atoms with E-state index < -0.39 is 5.91 Å².